The molecule has 3 aromatic heterocycles. The van der Waals surface area contributed by atoms with Gasteiger partial charge in [0.15, 0.2) is 17.2 Å². The first-order valence-corrected chi connectivity index (χ1v) is 9.18. The normalized spacial score (nSPS) is 10.8. The van der Waals surface area contributed by atoms with Crippen LogP contribution in [0.2, 0.25) is 0 Å². The summed E-state index contributed by atoms with van der Waals surface area (Å²) in [6.07, 6.45) is 3.07. The molecule has 0 fully saturated rings. The summed E-state index contributed by atoms with van der Waals surface area (Å²) in [5, 5.41) is 11.2. The van der Waals surface area contributed by atoms with Gasteiger partial charge in [0.25, 0.3) is 0 Å². The number of nitrogens with zero attached hydrogens (tertiary/aromatic N) is 3. The second-order valence-electron chi connectivity index (χ2n) is 5.59. The molecule has 7 nitrogen and oxygen atoms in total. The zero-order valence-electron chi connectivity index (χ0n) is 14.3. The largest absolute Gasteiger partial charge is 0.463 e. The van der Waals surface area contributed by atoms with Gasteiger partial charge in [0.05, 0.1) is 18.3 Å². The first-order valence-electron chi connectivity index (χ1n) is 8.20. The van der Waals surface area contributed by atoms with E-state index in [1.54, 1.807) is 24.3 Å². The molecule has 4 rings (SSSR count). The number of carbonyl (C=O) groups excluding carboxylic acids is 1. The minimum absolute atomic E-state index is 0.0662. The highest BCUT2D eigenvalue weighted by Gasteiger charge is 2.18. The van der Waals surface area contributed by atoms with Crippen molar-refractivity contribution >= 4 is 23.4 Å². The van der Waals surface area contributed by atoms with Crippen molar-refractivity contribution in [2.24, 2.45) is 0 Å². The summed E-state index contributed by atoms with van der Waals surface area (Å²) in [5.74, 6) is 0.455. The maximum Gasteiger partial charge on any atom is 0.234 e. The number of hydrogen-bond acceptors (Lipinski definition) is 7. The van der Waals surface area contributed by atoms with Gasteiger partial charge in [0.2, 0.25) is 11.1 Å². The van der Waals surface area contributed by atoms with Crippen molar-refractivity contribution in [3.63, 3.8) is 0 Å². The van der Waals surface area contributed by atoms with Crippen LogP contribution in [-0.4, -0.2) is 26.8 Å². The van der Waals surface area contributed by atoms with E-state index in [0.29, 0.717) is 33.8 Å². The quantitative estimate of drug-likeness (QED) is 0.487. The van der Waals surface area contributed by atoms with E-state index in [1.807, 2.05) is 0 Å². The van der Waals surface area contributed by atoms with Crippen molar-refractivity contribution in [2.45, 2.75) is 5.16 Å². The van der Waals surface area contributed by atoms with Crippen LogP contribution < -0.4 is 5.32 Å². The Bertz CT molecular complexity index is 1070. The Hall–Kier alpha value is -3.46. The first-order chi connectivity index (χ1) is 13.7. The van der Waals surface area contributed by atoms with Crippen LogP contribution >= 0.6 is 11.8 Å². The van der Waals surface area contributed by atoms with Gasteiger partial charge < -0.3 is 14.2 Å². The number of benzene rings is 1. The fourth-order valence-corrected chi connectivity index (χ4v) is 2.98. The molecule has 0 bridgehead atoms. The Balaban J connectivity index is 1.50. The van der Waals surface area contributed by atoms with Gasteiger partial charge in [-0.2, -0.15) is 0 Å². The second-order valence-corrected chi connectivity index (χ2v) is 6.53. The molecule has 0 aliphatic heterocycles. The molecule has 0 aliphatic rings. The van der Waals surface area contributed by atoms with Crippen LogP contribution in [0.5, 0.6) is 0 Å². The van der Waals surface area contributed by atoms with Crippen molar-refractivity contribution in [1.29, 1.82) is 0 Å². The second kappa shape index (κ2) is 8.05. The minimum Gasteiger partial charge on any atom is -0.463 e. The number of nitrogens with one attached hydrogen (secondary N) is 1. The molecule has 1 N–H and O–H groups in total. The summed E-state index contributed by atoms with van der Waals surface area (Å²) in [5.41, 5.74) is 1.42. The van der Waals surface area contributed by atoms with Gasteiger partial charge in [-0.05, 0) is 48.5 Å². The standard InChI is InChI=1S/C19H13FN4O3S/c20-12-5-7-13(8-6-12)21-16(25)11-28-19-22-17(14-3-1-9-26-14)18(23-24-19)15-4-2-10-27-15/h1-10H,11H2,(H,21,25). The molecule has 3 heterocycles. The summed E-state index contributed by atoms with van der Waals surface area (Å²) in [4.78, 5) is 16.6. The molecule has 0 saturated carbocycles. The van der Waals surface area contributed by atoms with Gasteiger partial charge in [-0.3, -0.25) is 4.79 Å². The van der Waals surface area contributed by atoms with E-state index in [1.165, 1.54) is 36.8 Å². The zero-order chi connectivity index (χ0) is 19.3. The maximum atomic E-state index is 12.9. The average Bonchev–Trinajstić information content (AvgIpc) is 3.42. The summed E-state index contributed by atoms with van der Waals surface area (Å²) >= 11 is 1.13. The molecule has 140 valence electrons. The SMILES string of the molecule is O=C(CSc1nnc(-c2ccco2)c(-c2ccco2)n1)Nc1ccc(F)cc1. The molecule has 4 aromatic rings. The van der Waals surface area contributed by atoms with E-state index in [2.05, 4.69) is 20.5 Å². The predicted molar refractivity (Wildman–Crippen MR) is 101 cm³/mol. The van der Waals surface area contributed by atoms with Crippen molar-refractivity contribution < 1.29 is 18.0 Å². The van der Waals surface area contributed by atoms with Gasteiger partial charge in [-0.15, -0.1) is 10.2 Å². The van der Waals surface area contributed by atoms with E-state index >= 15 is 0 Å². The number of halogens is 1. The van der Waals surface area contributed by atoms with Gasteiger partial charge >= 0.3 is 0 Å². The molecule has 0 radical (unpaired) electrons. The van der Waals surface area contributed by atoms with Crippen LogP contribution in [0, 0.1) is 5.82 Å². The third kappa shape index (κ3) is 4.09. The topological polar surface area (TPSA) is 94.0 Å². The van der Waals surface area contributed by atoms with E-state index in [0.717, 1.165) is 11.8 Å². The zero-order valence-corrected chi connectivity index (χ0v) is 15.1. The fourth-order valence-electron chi connectivity index (χ4n) is 2.40. The van der Waals surface area contributed by atoms with Gasteiger partial charge in [0, 0.05) is 5.69 Å². The Kier molecular flexibility index (Phi) is 5.16. The van der Waals surface area contributed by atoms with Crippen LogP contribution in [0.15, 0.2) is 75.0 Å². The Morgan fingerprint density at radius 2 is 1.64 bits per heavy atom. The van der Waals surface area contributed by atoms with Crippen molar-refractivity contribution in [3.8, 4) is 22.9 Å². The summed E-state index contributed by atoms with van der Waals surface area (Å²) < 4.78 is 23.8. The molecule has 0 aliphatic carbocycles. The fraction of sp³-hybridized carbons (Fsp3) is 0.0526. The van der Waals surface area contributed by atoms with Crippen LogP contribution in [0.4, 0.5) is 10.1 Å². The first kappa shape index (κ1) is 17.9. The molecule has 0 atom stereocenters. The summed E-state index contributed by atoms with van der Waals surface area (Å²) in [6, 6.07) is 12.5. The molecular formula is C19H13FN4O3S. The minimum atomic E-state index is -0.367. The van der Waals surface area contributed by atoms with Gasteiger partial charge in [0.1, 0.15) is 11.5 Å². The summed E-state index contributed by atoms with van der Waals surface area (Å²) in [6.45, 7) is 0. The predicted octanol–water partition coefficient (Wildman–Crippen LogP) is 4.26. The van der Waals surface area contributed by atoms with Crippen molar-refractivity contribution in [1.82, 2.24) is 15.2 Å². The average molecular weight is 396 g/mol. The molecule has 0 unspecified atom stereocenters. The molecule has 9 heteroatoms. The number of rotatable bonds is 6. The van der Waals surface area contributed by atoms with Gasteiger partial charge in [-0.1, -0.05) is 11.8 Å². The number of furan rings is 2. The third-order valence-electron chi connectivity index (χ3n) is 3.64. The van der Waals surface area contributed by atoms with Crippen LogP contribution in [0.1, 0.15) is 0 Å². The Morgan fingerprint density at radius 1 is 0.964 bits per heavy atom. The van der Waals surface area contributed by atoms with E-state index in [-0.39, 0.29) is 17.5 Å². The van der Waals surface area contributed by atoms with Crippen molar-refractivity contribution in [3.05, 3.63) is 66.9 Å². The molecule has 1 amide bonds. The lowest BCUT2D eigenvalue weighted by Gasteiger charge is -2.06. The number of amides is 1. The highest BCUT2D eigenvalue weighted by molar-refractivity contribution is 7.99. The molecule has 0 spiro atoms. The monoisotopic (exact) mass is 396 g/mol. The van der Waals surface area contributed by atoms with E-state index < -0.39 is 0 Å². The van der Waals surface area contributed by atoms with E-state index in [4.69, 9.17) is 8.83 Å². The number of aromatic nitrogens is 3. The Morgan fingerprint density at radius 3 is 2.29 bits per heavy atom. The van der Waals surface area contributed by atoms with Crippen LogP contribution in [-0.2, 0) is 4.79 Å². The lowest BCUT2D eigenvalue weighted by atomic mass is 10.2. The molecule has 1 aromatic carbocycles. The summed E-state index contributed by atoms with van der Waals surface area (Å²) in [7, 11) is 0. The highest BCUT2D eigenvalue weighted by atomic mass is 32.2. The molecule has 0 saturated heterocycles. The van der Waals surface area contributed by atoms with Crippen LogP contribution in [0.3, 0.4) is 0 Å². The highest BCUT2D eigenvalue weighted by Crippen LogP contribution is 2.30. The number of carbonyl (C=O) groups is 1. The maximum absolute atomic E-state index is 12.9. The van der Waals surface area contributed by atoms with E-state index in [9.17, 15) is 9.18 Å². The third-order valence-corrected chi connectivity index (χ3v) is 4.47. The van der Waals surface area contributed by atoms with Crippen molar-refractivity contribution in [2.75, 3.05) is 11.1 Å². The lowest BCUT2D eigenvalue weighted by molar-refractivity contribution is -0.113. The molecular weight excluding hydrogens is 383 g/mol. The lowest BCUT2D eigenvalue weighted by Crippen LogP contribution is -2.14. The van der Waals surface area contributed by atoms with Crippen LogP contribution in [0.25, 0.3) is 22.9 Å². The number of thioether (sulfide) groups is 1. The Labute approximate surface area is 163 Å². The molecule has 28 heavy (non-hydrogen) atoms. The number of anilines is 1. The van der Waals surface area contributed by atoms with Gasteiger partial charge in [-0.25, -0.2) is 9.37 Å². The smallest absolute Gasteiger partial charge is 0.234 e. The number of hydrogen-bond donors (Lipinski definition) is 1.